The molecule has 2 fully saturated rings. The van der Waals surface area contributed by atoms with E-state index in [2.05, 4.69) is 78.5 Å². The van der Waals surface area contributed by atoms with Gasteiger partial charge in [-0.05, 0) is 58.9 Å². The molecule has 5 atom stereocenters. The third-order valence-corrected chi connectivity index (χ3v) is 11.2. The Morgan fingerprint density at radius 3 is 2.60 bits per heavy atom. The van der Waals surface area contributed by atoms with E-state index in [4.69, 9.17) is 30.2 Å². The number of phosphoric acid groups is 1. The van der Waals surface area contributed by atoms with E-state index in [1.807, 2.05) is 12.1 Å². The summed E-state index contributed by atoms with van der Waals surface area (Å²) in [7, 11) is -4.70. The molecule has 0 saturated carbocycles. The van der Waals surface area contributed by atoms with Crippen LogP contribution in [0, 0.1) is 5.92 Å². The number of nitrogens with two attached hydrogens (primary N) is 2. The second kappa shape index (κ2) is 14.2. The summed E-state index contributed by atoms with van der Waals surface area (Å²) >= 11 is 0. The zero-order valence-electron chi connectivity index (χ0n) is 29.6. The van der Waals surface area contributed by atoms with Crippen molar-refractivity contribution in [3.8, 4) is 11.1 Å². The van der Waals surface area contributed by atoms with E-state index in [1.54, 1.807) is 4.90 Å². The maximum Gasteiger partial charge on any atom is 0.469 e. The van der Waals surface area contributed by atoms with Crippen LogP contribution in [0.2, 0.25) is 0 Å². The Bertz CT molecular complexity index is 2520. The number of benzene rings is 3. The molecule has 3 aromatic carbocycles. The van der Waals surface area contributed by atoms with Crippen LogP contribution in [0.15, 0.2) is 71.9 Å². The van der Waals surface area contributed by atoms with Crippen molar-refractivity contribution in [2.75, 3.05) is 48.2 Å². The topological polar surface area (TPSA) is 238 Å². The number of ether oxygens (including phenoxy) is 3. The van der Waals surface area contributed by atoms with Gasteiger partial charge in [-0.25, -0.2) is 14.5 Å². The van der Waals surface area contributed by atoms with Crippen LogP contribution in [0.3, 0.4) is 0 Å². The van der Waals surface area contributed by atoms with Crippen LogP contribution in [0.1, 0.15) is 31.9 Å². The van der Waals surface area contributed by atoms with E-state index in [0.29, 0.717) is 43.3 Å². The molecule has 0 bridgehead atoms. The van der Waals surface area contributed by atoms with Gasteiger partial charge in [0.25, 0.3) is 5.56 Å². The molecular formula is C37H40N9O8P. The van der Waals surface area contributed by atoms with Gasteiger partial charge in [0.1, 0.15) is 35.9 Å². The highest BCUT2D eigenvalue weighted by atomic mass is 31.2. The van der Waals surface area contributed by atoms with Gasteiger partial charge in [0.05, 0.1) is 37.5 Å². The molecule has 18 heteroatoms. The van der Waals surface area contributed by atoms with Gasteiger partial charge in [-0.1, -0.05) is 48.5 Å². The van der Waals surface area contributed by atoms with Crippen LogP contribution >= 0.6 is 7.82 Å². The quantitative estimate of drug-likeness (QED) is 0.0606. The average molecular weight is 770 g/mol. The number of nitrogens with one attached hydrogen (secondary N) is 2. The first-order valence-electron chi connectivity index (χ1n) is 18.1. The molecule has 3 aromatic heterocycles. The van der Waals surface area contributed by atoms with E-state index >= 15 is 0 Å². The number of nitrogen functional groups attached to an aromatic ring is 2. The molecule has 9 rings (SSSR count). The second-order valence-corrected chi connectivity index (χ2v) is 15.4. The smallest absolute Gasteiger partial charge is 0.383 e. The molecule has 2 saturated heterocycles. The largest absolute Gasteiger partial charge is 0.469 e. The summed E-state index contributed by atoms with van der Waals surface area (Å²) in [6.45, 7) is 0.677. The summed E-state index contributed by atoms with van der Waals surface area (Å²) in [6.07, 6.45) is 4.44. The van der Waals surface area contributed by atoms with E-state index in [0.717, 1.165) is 45.5 Å². The number of hydrogen-bond acceptors (Lipinski definition) is 13. The number of hydrogen-bond donors (Lipinski definition) is 6. The predicted molar refractivity (Wildman–Crippen MR) is 206 cm³/mol. The van der Waals surface area contributed by atoms with Gasteiger partial charge >= 0.3 is 7.82 Å². The molecule has 0 aliphatic carbocycles. The lowest BCUT2D eigenvalue weighted by Gasteiger charge is -2.29. The molecule has 55 heavy (non-hydrogen) atoms. The number of H-pyrrole nitrogens is 1. The predicted octanol–water partition coefficient (Wildman–Crippen LogP) is 4.47. The minimum atomic E-state index is -4.70. The molecule has 6 heterocycles. The minimum absolute atomic E-state index is 0.0335. The van der Waals surface area contributed by atoms with Crippen molar-refractivity contribution in [2.24, 2.45) is 5.92 Å². The molecular weight excluding hydrogens is 729 g/mol. The van der Waals surface area contributed by atoms with E-state index < -0.39 is 25.7 Å². The standard InChI is InChI=1S/C37H40N9O8P/c38-32-30-28(27-14-20-5-1-2-6-24(20)25-7-3-4-8-26(25)27)15-45(33(30)41-18-40-32)29-10-9-22(53-29)16-51-12-11-21-13-23(17-52-55(48,49)50)54-36(21)46-19-42-31-34(46)43-37(39)44-35(31)47/h1-8,14-15,18,21-23,29,36,42H,9-13,16-17,19H2,(H2,38,40,41)(H2,48,49,50)(H3,39,43,44,47)/t21-,22?,23?,29?,36?/m1/s1. The van der Waals surface area contributed by atoms with Gasteiger partial charge < -0.3 is 50.2 Å². The molecule has 0 radical (unpaired) electrons. The molecule has 0 amide bonds. The summed E-state index contributed by atoms with van der Waals surface area (Å²) in [5.74, 6) is 0.575. The molecule has 3 aliphatic heterocycles. The first-order valence-corrected chi connectivity index (χ1v) is 19.6. The third kappa shape index (κ3) is 6.78. The van der Waals surface area contributed by atoms with Crippen LogP contribution in [0.4, 0.5) is 23.3 Å². The Hall–Kier alpha value is -5.13. The molecule has 17 nitrogen and oxygen atoms in total. The highest BCUT2D eigenvalue weighted by molar-refractivity contribution is 7.46. The van der Waals surface area contributed by atoms with Crippen molar-refractivity contribution >= 4 is 63.7 Å². The van der Waals surface area contributed by atoms with Gasteiger partial charge in [-0.15, -0.1) is 0 Å². The summed E-state index contributed by atoms with van der Waals surface area (Å²) in [4.78, 5) is 48.7. The Morgan fingerprint density at radius 1 is 0.964 bits per heavy atom. The Kier molecular flexibility index (Phi) is 9.17. The first kappa shape index (κ1) is 35.6. The van der Waals surface area contributed by atoms with Crippen molar-refractivity contribution in [1.82, 2.24) is 24.5 Å². The lowest BCUT2D eigenvalue weighted by Crippen LogP contribution is -2.40. The SMILES string of the molecule is Nc1nc2c(c(=O)[nH]1)NCN2C1OC(COP(=O)(O)O)C[C@H]1CCOCC1CCC(n2cc(-c3cc4ccccc4c4ccccc34)c3c(N)ncnc32)O1. The van der Waals surface area contributed by atoms with Crippen molar-refractivity contribution in [2.45, 2.75) is 50.3 Å². The number of fused-ring (bicyclic) bond motifs is 5. The molecule has 286 valence electrons. The van der Waals surface area contributed by atoms with Gasteiger partial charge in [-0.3, -0.25) is 14.3 Å². The molecule has 8 N–H and O–H groups in total. The maximum absolute atomic E-state index is 12.5. The van der Waals surface area contributed by atoms with Crippen molar-refractivity contribution in [3.05, 3.63) is 77.5 Å². The van der Waals surface area contributed by atoms with Crippen LogP contribution in [-0.4, -0.2) is 79.2 Å². The molecule has 4 unspecified atom stereocenters. The van der Waals surface area contributed by atoms with Gasteiger partial charge in [0.15, 0.2) is 5.82 Å². The molecule has 3 aliphatic rings. The zero-order chi connectivity index (χ0) is 37.8. The van der Waals surface area contributed by atoms with Crippen LogP contribution in [0.25, 0.3) is 43.7 Å². The summed E-state index contributed by atoms with van der Waals surface area (Å²) in [5, 5.41) is 8.39. The van der Waals surface area contributed by atoms with E-state index in [1.165, 1.54) is 11.7 Å². The average Bonchev–Trinajstić information content (AvgIpc) is 3.97. The summed E-state index contributed by atoms with van der Waals surface area (Å²) < 4.78 is 37.2. The maximum atomic E-state index is 12.5. The van der Waals surface area contributed by atoms with E-state index in [-0.39, 0.29) is 43.2 Å². The third-order valence-electron chi connectivity index (χ3n) is 10.7. The van der Waals surface area contributed by atoms with Crippen LogP contribution in [0.5, 0.6) is 0 Å². The Morgan fingerprint density at radius 2 is 1.76 bits per heavy atom. The lowest BCUT2D eigenvalue weighted by molar-refractivity contribution is -0.0428. The second-order valence-electron chi connectivity index (χ2n) is 14.1. The number of phosphoric ester groups is 1. The summed E-state index contributed by atoms with van der Waals surface area (Å²) in [5.41, 5.74) is 14.9. The summed E-state index contributed by atoms with van der Waals surface area (Å²) in [6, 6.07) is 18.9. The van der Waals surface area contributed by atoms with Gasteiger partial charge in [0, 0.05) is 24.3 Å². The first-order chi connectivity index (χ1) is 26.6. The number of anilines is 4. The number of aromatic nitrogens is 5. The van der Waals surface area contributed by atoms with Gasteiger partial charge in [-0.2, -0.15) is 4.98 Å². The highest BCUT2D eigenvalue weighted by Crippen LogP contribution is 2.43. The van der Waals surface area contributed by atoms with Crippen LogP contribution < -0.4 is 27.2 Å². The monoisotopic (exact) mass is 769 g/mol. The molecule has 0 spiro atoms. The molecule has 6 aromatic rings. The van der Waals surface area contributed by atoms with Crippen molar-refractivity contribution in [1.29, 1.82) is 0 Å². The lowest BCUT2D eigenvalue weighted by atomic mass is 9.93. The number of rotatable bonds is 11. The van der Waals surface area contributed by atoms with Gasteiger partial charge in [0.2, 0.25) is 5.95 Å². The fourth-order valence-corrected chi connectivity index (χ4v) is 8.62. The van der Waals surface area contributed by atoms with Crippen molar-refractivity contribution < 1.29 is 33.1 Å². The Balaban J connectivity index is 0.898. The van der Waals surface area contributed by atoms with Crippen LogP contribution in [-0.2, 0) is 23.3 Å². The van der Waals surface area contributed by atoms with Crippen molar-refractivity contribution in [3.63, 3.8) is 0 Å². The number of nitrogens with zero attached hydrogens (tertiary/aromatic N) is 5. The highest BCUT2D eigenvalue weighted by Gasteiger charge is 2.43. The normalized spacial score (nSPS) is 22.6. The Labute approximate surface area is 313 Å². The van der Waals surface area contributed by atoms with E-state index in [9.17, 15) is 19.1 Å². The minimum Gasteiger partial charge on any atom is -0.383 e. The zero-order valence-corrected chi connectivity index (χ0v) is 30.5. The number of aromatic amines is 1. The fourth-order valence-electron chi connectivity index (χ4n) is 8.26. The fraction of sp³-hybridized carbons (Fsp3) is 0.351.